The van der Waals surface area contributed by atoms with Crippen LogP contribution in [0.1, 0.15) is 43.9 Å². The van der Waals surface area contributed by atoms with Gasteiger partial charge in [-0.15, -0.1) is 24.0 Å². The van der Waals surface area contributed by atoms with Gasteiger partial charge in [0.05, 0.1) is 5.60 Å². The van der Waals surface area contributed by atoms with Crippen molar-refractivity contribution < 1.29 is 9.52 Å². The number of para-hydroxylation sites is 1. The molecule has 1 aliphatic rings. The topological polar surface area (TPSA) is 69.8 Å². The molecule has 3 N–H and O–H groups in total. The van der Waals surface area contributed by atoms with E-state index >= 15 is 0 Å². The van der Waals surface area contributed by atoms with Crippen LogP contribution in [0.3, 0.4) is 0 Å². The lowest BCUT2D eigenvalue weighted by Crippen LogP contribution is -2.46. The molecule has 0 unspecified atom stereocenters. The number of furan rings is 1. The summed E-state index contributed by atoms with van der Waals surface area (Å²) in [7, 11) is 0. The molecule has 0 atom stereocenters. The molecule has 1 aliphatic carbocycles. The first kappa shape index (κ1) is 20.0. The van der Waals surface area contributed by atoms with Gasteiger partial charge in [-0.25, -0.2) is 4.99 Å². The van der Waals surface area contributed by atoms with Crippen LogP contribution >= 0.6 is 24.0 Å². The van der Waals surface area contributed by atoms with Crippen LogP contribution in [0.5, 0.6) is 0 Å². The number of hydrogen-bond acceptors (Lipinski definition) is 3. The fourth-order valence-corrected chi connectivity index (χ4v) is 3.33. The number of hydrogen-bond donors (Lipinski definition) is 3. The van der Waals surface area contributed by atoms with Gasteiger partial charge in [-0.2, -0.15) is 0 Å². The van der Waals surface area contributed by atoms with Crippen molar-refractivity contribution in [3.63, 3.8) is 0 Å². The molecule has 1 aromatic carbocycles. The van der Waals surface area contributed by atoms with E-state index in [1.165, 1.54) is 0 Å². The van der Waals surface area contributed by atoms with Crippen LogP contribution in [-0.4, -0.2) is 29.8 Å². The fraction of sp³-hybridized carbons (Fsp3) is 0.526. The second kappa shape index (κ2) is 8.89. The van der Waals surface area contributed by atoms with Crippen LogP contribution in [-0.2, 0) is 6.54 Å². The SMILES string of the molecule is CCNC(=NCc1oc2ccccc2c1C)NCC1(O)CCCC1.I. The molecule has 1 aromatic heterocycles. The van der Waals surface area contributed by atoms with E-state index < -0.39 is 5.60 Å². The summed E-state index contributed by atoms with van der Waals surface area (Å²) in [5, 5.41) is 18.1. The zero-order valence-electron chi connectivity index (χ0n) is 15.0. The van der Waals surface area contributed by atoms with E-state index in [1.807, 2.05) is 25.1 Å². The predicted octanol–water partition coefficient (Wildman–Crippen LogP) is 3.72. The van der Waals surface area contributed by atoms with Crippen molar-refractivity contribution in [2.45, 2.75) is 51.7 Å². The van der Waals surface area contributed by atoms with Crippen LogP contribution in [0, 0.1) is 6.92 Å². The normalized spacial score (nSPS) is 16.7. The molecule has 1 fully saturated rings. The van der Waals surface area contributed by atoms with Crippen molar-refractivity contribution in [3.8, 4) is 0 Å². The summed E-state index contributed by atoms with van der Waals surface area (Å²) >= 11 is 0. The first-order chi connectivity index (χ1) is 11.6. The van der Waals surface area contributed by atoms with Gasteiger partial charge in [0, 0.05) is 24.0 Å². The first-order valence-electron chi connectivity index (χ1n) is 8.83. The van der Waals surface area contributed by atoms with Crippen molar-refractivity contribution >= 4 is 40.9 Å². The summed E-state index contributed by atoms with van der Waals surface area (Å²) in [5.41, 5.74) is 1.45. The Kier molecular flexibility index (Phi) is 7.13. The predicted molar refractivity (Wildman–Crippen MR) is 113 cm³/mol. The van der Waals surface area contributed by atoms with Crippen LogP contribution in [0.25, 0.3) is 11.0 Å². The minimum absolute atomic E-state index is 0. The monoisotopic (exact) mass is 457 g/mol. The lowest BCUT2D eigenvalue weighted by atomic mass is 10.0. The van der Waals surface area contributed by atoms with E-state index in [1.54, 1.807) is 0 Å². The maximum atomic E-state index is 10.5. The second-order valence-corrected chi connectivity index (χ2v) is 6.63. The van der Waals surface area contributed by atoms with Crippen molar-refractivity contribution in [3.05, 3.63) is 35.6 Å². The molecule has 0 saturated heterocycles. The summed E-state index contributed by atoms with van der Waals surface area (Å²) < 4.78 is 5.91. The maximum Gasteiger partial charge on any atom is 0.191 e. The van der Waals surface area contributed by atoms with E-state index in [2.05, 4.69) is 28.6 Å². The molecule has 0 spiro atoms. The van der Waals surface area contributed by atoms with E-state index in [0.29, 0.717) is 13.1 Å². The highest BCUT2D eigenvalue weighted by atomic mass is 127. The van der Waals surface area contributed by atoms with E-state index in [4.69, 9.17) is 4.42 Å². The molecule has 6 heteroatoms. The number of halogens is 1. The molecule has 1 saturated carbocycles. The summed E-state index contributed by atoms with van der Waals surface area (Å²) in [4.78, 5) is 4.62. The maximum absolute atomic E-state index is 10.5. The average Bonchev–Trinajstić information content (AvgIpc) is 3.15. The van der Waals surface area contributed by atoms with Gasteiger partial charge < -0.3 is 20.2 Å². The largest absolute Gasteiger partial charge is 0.459 e. The van der Waals surface area contributed by atoms with Gasteiger partial charge >= 0.3 is 0 Å². The molecule has 0 amide bonds. The molecule has 1 heterocycles. The Bertz CT molecular complexity index is 721. The zero-order valence-corrected chi connectivity index (χ0v) is 17.3. The first-order valence-corrected chi connectivity index (χ1v) is 8.83. The lowest BCUT2D eigenvalue weighted by Gasteiger charge is -2.23. The number of fused-ring (bicyclic) bond motifs is 1. The number of rotatable bonds is 5. The molecule has 0 radical (unpaired) electrons. The lowest BCUT2D eigenvalue weighted by molar-refractivity contribution is 0.0522. The highest BCUT2D eigenvalue weighted by Crippen LogP contribution is 2.28. The molecule has 0 bridgehead atoms. The Morgan fingerprint density at radius 3 is 2.64 bits per heavy atom. The Morgan fingerprint density at radius 1 is 1.24 bits per heavy atom. The van der Waals surface area contributed by atoms with Crippen LogP contribution in [0.15, 0.2) is 33.7 Å². The minimum Gasteiger partial charge on any atom is -0.459 e. The molecule has 25 heavy (non-hydrogen) atoms. The van der Waals surface area contributed by atoms with Crippen LogP contribution in [0.2, 0.25) is 0 Å². The number of aliphatic hydroxyl groups is 1. The quantitative estimate of drug-likeness (QED) is 0.364. The third-order valence-electron chi connectivity index (χ3n) is 4.79. The van der Waals surface area contributed by atoms with Gasteiger partial charge in [-0.3, -0.25) is 0 Å². The van der Waals surface area contributed by atoms with E-state index in [9.17, 15) is 5.11 Å². The van der Waals surface area contributed by atoms with Gasteiger partial charge in [-0.1, -0.05) is 31.0 Å². The average molecular weight is 457 g/mol. The third-order valence-corrected chi connectivity index (χ3v) is 4.79. The van der Waals surface area contributed by atoms with Crippen LogP contribution < -0.4 is 10.6 Å². The van der Waals surface area contributed by atoms with Gasteiger partial charge in [0.25, 0.3) is 0 Å². The van der Waals surface area contributed by atoms with Gasteiger partial charge in [0.1, 0.15) is 17.9 Å². The summed E-state index contributed by atoms with van der Waals surface area (Å²) in [5.74, 6) is 1.60. The number of aryl methyl sites for hydroxylation is 1. The molecular formula is C19H28IN3O2. The number of nitrogens with zero attached hydrogens (tertiary/aromatic N) is 1. The van der Waals surface area contributed by atoms with Gasteiger partial charge in [-0.05, 0) is 32.8 Å². The molecule has 138 valence electrons. The van der Waals surface area contributed by atoms with Gasteiger partial charge in [0.15, 0.2) is 5.96 Å². The van der Waals surface area contributed by atoms with E-state index in [-0.39, 0.29) is 24.0 Å². The van der Waals surface area contributed by atoms with Crippen LogP contribution in [0.4, 0.5) is 0 Å². The highest BCUT2D eigenvalue weighted by Gasteiger charge is 2.30. The van der Waals surface area contributed by atoms with Gasteiger partial charge in [0.2, 0.25) is 0 Å². The molecular weight excluding hydrogens is 429 g/mol. The Labute approximate surface area is 166 Å². The smallest absolute Gasteiger partial charge is 0.191 e. The van der Waals surface area contributed by atoms with Crippen molar-refractivity contribution in [2.75, 3.05) is 13.1 Å². The number of nitrogens with one attached hydrogen (secondary N) is 2. The Morgan fingerprint density at radius 2 is 1.96 bits per heavy atom. The molecule has 3 rings (SSSR count). The molecule has 0 aliphatic heterocycles. The Balaban J connectivity index is 0.00000225. The molecule has 2 aromatic rings. The van der Waals surface area contributed by atoms with Crippen molar-refractivity contribution in [1.82, 2.24) is 10.6 Å². The number of benzene rings is 1. The van der Waals surface area contributed by atoms with E-state index in [0.717, 1.165) is 60.5 Å². The van der Waals surface area contributed by atoms with Crippen molar-refractivity contribution in [1.29, 1.82) is 0 Å². The summed E-state index contributed by atoms with van der Waals surface area (Å²) in [6.07, 6.45) is 3.93. The zero-order chi connectivity index (χ0) is 17.0. The summed E-state index contributed by atoms with van der Waals surface area (Å²) in [6, 6.07) is 8.05. The fourth-order valence-electron chi connectivity index (χ4n) is 3.33. The number of aliphatic imine (C=N–C) groups is 1. The number of guanidine groups is 1. The molecule has 5 nitrogen and oxygen atoms in total. The van der Waals surface area contributed by atoms with Crippen molar-refractivity contribution in [2.24, 2.45) is 4.99 Å². The Hall–Kier alpha value is -1.28. The second-order valence-electron chi connectivity index (χ2n) is 6.63. The minimum atomic E-state index is -0.592. The third kappa shape index (κ3) is 4.88. The highest BCUT2D eigenvalue weighted by molar-refractivity contribution is 14.0. The standard InChI is InChI=1S/C19H27N3O2.HI/c1-3-20-18(22-13-19(23)10-6-7-11-19)21-12-17-14(2)15-8-4-5-9-16(15)24-17;/h4-5,8-9,23H,3,6-7,10-13H2,1-2H3,(H2,20,21,22);1H. The summed E-state index contributed by atoms with van der Waals surface area (Å²) in [6.45, 7) is 5.90.